The Balaban J connectivity index is 1.01. The highest BCUT2D eigenvalue weighted by molar-refractivity contribution is 5.80. The summed E-state index contributed by atoms with van der Waals surface area (Å²) in [5.74, 6) is 0.352. The fourth-order valence-corrected chi connectivity index (χ4v) is 5.74. The molecule has 1 atom stereocenters. The van der Waals surface area contributed by atoms with E-state index in [4.69, 9.17) is 24.2 Å². The lowest BCUT2D eigenvalue weighted by molar-refractivity contribution is -0.164. The highest BCUT2D eigenvalue weighted by Crippen LogP contribution is 2.38. The van der Waals surface area contributed by atoms with Crippen LogP contribution in [0.15, 0.2) is 146 Å². The number of nitrogens with zero attached hydrogens (tertiary/aromatic N) is 8. The van der Waals surface area contributed by atoms with Crippen LogP contribution in [-0.4, -0.2) is 43.4 Å². The van der Waals surface area contributed by atoms with E-state index in [0.29, 0.717) is 52.1 Å². The molecule has 0 saturated carbocycles. The van der Waals surface area contributed by atoms with Crippen molar-refractivity contribution in [3.05, 3.63) is 127 Å². The first-order valence-electron chi connectivity index (χ1n) is 19.0. The number of aromatic nitrogens is 1. The van der Waals surface area contributed by atoms with Crippen LogP contribution < -0.4 is 9.47 Å². The lowest BCUT2D eigenvalue weighted by atomic mass is 9.72. The zero-order chi connectivity index (χ0) is 42.1. The maximum Gasteiger partial charge on any atom is 0.311 e. The topological polar surface area (TPSA) is 182 Å². The van der Waals surface area contributed by atoms with E-state index < -0.39 is 22.8 Å². The number of rotatable bonds is 19. The van der Waals surface area contributed by atoms with Crippen LogP contribution in [0.3, 0.4) is 0 Å². The maximum atomic E-state index is 13.3. The minimum Gasteiger partial charge on any atom is -0.490 e. The normalized spacial score (nSPS) is 12.6. The van der Waals surface area contributed by atoms with Crippen molar-refractivity contribution in [1.82, 2.24) is 4.98 Å². The van der Waals surface area contributed by atoms with Crippen molar-refractivity contribution in [2.45, 2.75) is 47.5 Å². The van der Waals surface area contributed by atoms with Gasteiger partial charge in [0.25, 0.3) is 0 Å². The lowest BCUT2D eigenvalue weighted by Gasteiger charge is -2.33. The summed E-state index contributed by atoms with van der Waals surface area (Å²) in [5.41, 5.74) is 3.20. The molecule has 1 heterocycles. The first-order chi connectivity index (χ1) is 28.5. The number of hydrogen-bond acceptors (Lipinski definition) is 14. The van der Waals surface area contributed by atoms with Crippen LogP contribution >= 0.6 is 0 Å². The van der Waals surface area contributed by atoms with Gasteiger partial charge in [0.1, 0.15) is 55.4 Å². The number of carbonyl (C=O) groups excluding carboxylic acids is 2. The molecule has 4 aromatic carbocycles. The Kier molecular flexibility index (Phi) is 15.2. The standard InChI is InChI=1S/C45H46N8O6/c1-6-45(5,31-44(3,4)42(54)58-26-24-56-40-21-18-36(19-22-40)51-53-39-17-16-38(29-46)47-30-39)43(55)59-27-25-57-41-23-20-37(28-32(41)2)52-50-35-14-12-34(13-15-35)49-48-33-10-8-7-9-11-33/h7-23,28,30H,6,24-27,31H2,1-5H3/b49-48+,52-50+,53-51+. The summed E-state index contributed by atoms with van der Waals surface area (Å²) in [6.45, 7) is 9.45. The Hall–Kier alpha value is -7.14. The number of aryl methyl sites for hydroxylation is 1. The van der Waals surface area contributed by atoms with E-state index in [1.165, 1.54) is 6.20 Å². The number of benzene rings is 4. The molecule has 0 amide bonds. The fourth-order valence-electron chi connectivity index (χ4n) is 5.74. The van der Waals surface area contributed by atoms with Crippen molar-refractivity contribution in [2.75, 3.05) is 26.4 Å². The third-order valence-electron chi connectivity index (χ3n) is 9.12. The molecular formula is C45H46N8O6. The van der Waals surface area contributed by atoms with Gasteiger partial charge in [-0.2, -0.15) is 30.8 Å². The molecule has 0 radical (unpaired) electrons. The number of hydrogen-bond donors (Lipinski definition) is 0. The van der Waals surface area contributed by atoms with E-state index in [2.05, 4.69) is 35.7 Å². The highest BCUT2D eigenvalue weighted by atomic mass is 16.6. The smallest absolute Gasteiger partial charge is 0.311 e. The molecule has 14 nitrogen and oxygen atoms in total. The summed E-state index contributed by atoms with van der Waals surface area (Å²) >= 11 is 0. The second kappa shape index (κ2) is 20.9. The quantitative estimate of drug-likeness (QED) is 0.0449. The Morgan fingerprint density at radius 1 is 0.627 bits per heavy atom. The molecule has 302 valence electrons. The van der Waals surface area contributed by atoms with E-state index in [1.54, 1.807) is 69.3 Å². The second-order valence-electron chi connectivity index (χ2n) is 14.4. The molecule has 0 aliphatic heterocycles. The second-order valence-corrected chi connectivity index (χ2v) is 14.4. The van der Waals surface area contributed by atoms with Gasteiger partial charge in [-0.3, -0.25) is 9.59 Å². The first-order valence-corrected chi connectivity index (χ1v) is 19.0. The van der Waals surface area contributed by atoms with Crippen LogP contribution in [0, 0.1) is 29.1 Å². The van der Waals surface area contributed by atoms with Crippen LogP contribution in [0.2, 0.25) is 0 Å². The number of esters is 2. The third kappa shape index (κ3) is 13.2. The predicted octanol–water partition coefficient (Wildman–Crippen LogP) is 11.9. The average molecular weight is 795 g/mol. The fraction of sp³-hybridized carbons (Fsp3) is 0.289. The van der Waals surface area contributed by atoms with Crippen LogP contribution in [0.25, 0.3) is 0 Å². The van der Waals surface area contributed by atoms with Gasteiger partial charge in [0.2, 0.25) is 0 Å². The molecule has 0 N–H and O–H groups in total. The molecule has 0 spiro atoms. The van der Waals surface area contributed by atoms with E-state index in [1.807, 2.05) is 80.6 Å². The molecule has 5 aromatic rings. The number of nitriles is 1. The van der Waals surface area contributed by atoms with Gasteiger partial charge in [-0.05, 0) is 137 Å². The summed E-state index contributed by atoms with van der Waals surface area (Å²) in [4.78, 5) is 30.4. The molecule has 14 heteroatoms. The molecule has 0 saturated heterocycles. The minimum atomic E-state index is -0.967. The molecule has 0 fully saturated rings. The predicted molar refractivity (Wildman–Crippen MR) is 222 cm³/mol. The van der Waals surface area contributed by atoms with E-state index in [0.717, 1.165) is 11.3 Å². The largest absolute Gasteiger partial charge is 0.490 e. The number of carbonyl (C=O) groups is 2. The van der Waals surface area contributed by atoms with E-state index >= 15 is 0 Å². The highest BCUT2D eigenvalue weighted by Gasteiger charge is 2.43. The van der Waals surface area contributed by atoms with E-state index in [-0.39, 0.29) is 32.8 Å². The van der Waals surface area contributed by atoms with Crippen molar-refractivity contribution in [3.63, 3.8) is 0 Å². The Morgan fingerprint density at radius 2 is 1.14 bits per heavy atom. The van der Waals surface area contributed by atoms with Gasteiger partial charge in [-0.25, -0.2) is 4.98 Å². The number of ether oxygens (including phenoxy) is 4. The molecular weight excluding hydrogens is 749 g/mol. The van der Waals surface area contributed by atoms with Crippen LogP contribution in [0.4, 0.5) is 34.1 Å². The molecule has 0 bridgehead atoms. The molecule has 0 aliphatic carbocycles. The van der Waals surface area contributed by atoms with Gasteiger partial charge in [0, 0.05) is 0 Å². The van der Waals surface area contributed by atoms with E-state index in [9.17, 15) is 9.59 Å². The summed E-state index contributed by atoms with van der Waals surface area (Å²) in [7, 11) is 0. The molecule has 1 unspecified atom stereocenters. The molecule has 5 rings (SSSR count). The summed E-state index contributed by atoms with van der Waals surface area (Å²) in [6, 6.07) is 34.4. The van der Waals surface area contributed by atoms with Crippen LogP contribution in [0.1, 0.15) is 51.8 Å². The zero-order valence-electron chi connectivity index (χ0n) is 33.7. The van der Waals surface area contributed by atoms with Crippen molar-refractivity contribution < 1.29 is 28.5 Å². The van der Waals surface area contributed by atoms with Crippen molar-refractivity contribution in [1.29, 1.82) is 5.26 Å². The maximum absolute atomic E-state index is 13.3. The van der Waals surface area contributed by atoms with Crippen LogP contribution in [-0.2, 0) is 19.1 Å². The Labute approximate surface area is 343 Å². The summed E-state index contributed by atoms with van der Waals surface area (Å²) in [5, 5.41) is 34.3. The number of pyridine rings is 1. The Morgan fingerprint density at radius 3 is 1.69 bits per heavy atom. The van der Waals surface area contributed by atoms with Crippen molar-refractivity contribution in [3.8, 4) is 17.6 Å². The molecule has 0 aliphatic rings. The third-order valence-corrected chi connectivity index (χ3v) is 9.12. The van der Waals surface area contributed by atoms with Gasteiger partial charge < -0.3 is 18.9 Å². The summed E-state index contributed by atoms with van der Waals surface area (Å²) < 4.78 is 22.8. The molecule has 59 heavy (non-hydrogen) atoms. The van der Waals surface area contributed by atoms with Gasteiger partial charge in [-0.15, -0.1) is 5.11 Å². The monoisotopic (exact) mass is 794 g/mol. The van der Waals surface area contributed by atoms with Crippen molar-refractivity contribution >= 4 is 46.1 Å². The average Bonchev–Trinajstić information content (AvgIpc) is 3.25. The lowest BCUT2D eigenvalue weighted by Crippen LogP contribution is -2.39. The van der Waals surface area contributed by atoms with Gasteiger partial charge >= 0.3 is 11.9 Å². The minimum absolute atomic E-state index is 0.0288. The summed E-state index contributed by atoms with van der Waals surface area (Å²) in [6.07, 6.45) is 2.16. The Bertz CT molecular complexity index is 2290. The van der Waals surface area contributed by atoms with Gasteiger partial charge in [0.05, 0.1) is 45.5 Å². The first kappa shape index (κ1) is 43.0. The zero-order valence-corrected chi connectivity index (χ0v) is 33.7. The van der Waals surface area contributed by atoms with Crippen LogP contribution in [0.5, 0.6) is 11.5 Å². The SMILES string of the molecule is CCC(C)(CC(C)(C)C(=O)OCCOc1ccc(/N=N/c2ccc(C#N)nc2)cc1)C(=O)OCCOc1ccc(/N=N/c2ccc(/N=N/c3ccccc3)cc2)cc1C. The molecule has 1 aromatic heterocycles. The van der Waals surface area contributed by atoms with Crippen molar-refractivity contribution in [2.24, 2.45) is 41.5 Å². The van der Waals surface area contributed by atoms with Gasteiger partial charge in [0.15, 0.2) is 0 Å². The number of azo groups is 3. The van der Waals surface area contributed by atoms with Gasteiger partial charge in [-0.1, -0.05) is 25.1 Å².